The Labute approximate surface area is 118 Å². The van der Waals surface area contributed by atoms with E-state index in [0.29, 0.717) is 17.0 Å². The summed E-state index contributed by atoms with van der Waals surface area (Å²) >= 11 is 0. The molecule has 0 fully saturated rings. The minimum atomic E-state index is -1.03. The molecule has 4 heteroatoms. The van der Waals surface area contributed by atoms with Gasteiger partial charge >= 0.3 is 5.97 Å². The van der Waals surface area contributed by atoms with Gasteiger partial charge in [-0.1, -0.05) is 6.07 Å². The minimum absolute atomic E-state index is 0.571. The predicted octanol–water partition coefficient (Wildman–Crippen LogP) is 3.22. The van der Waals surface area contributed by atoms with E-state index in [1.54, 1.807) is 21.0 Å². The molecule has 0 bridgehead atoms. The number of methoxy groups -OCH3 is 1. The van der Waals surface area contributed by atoms with E-state index in [-0.39, 0.29) is 0 Å². The van der Waals surface area contributed by atoms with Crippen LogP contribution in [0.1, 0.15) is 30.7 Å². The van der Waals surface area contributed by atoms with E-state index in [1.807, 2.05) is 32.0 Å². The molecule has 1 heterocycles. The number of ether oxygens (including phenoxy) is 1. The lowest BCUT2D eigenvalue weighted by atomic mass is 9.85. The van der Waals surface area contributed by atoms with E-state index in [9.17, 15) is 9.90 Å². The second-order valence-electron chi connectivity index (χ2n) is 5.56. The van der Waals surface area contributed by atoms with Crippen LogP contribution < -0.4 is 4.74 Å². The fourth-order valence-corrected chi connectivity index (χ4v) is 2.37. The monoisotopic (exact) mass is 273 g/mol. The van der Waals surface area contributed by atoms with E-state index < -0.39 is 11.4 Å². The average molecular weight is 273 g/mol. The van der Waals surface area contributed by atoms with E-state index in [4.69, 9.17) is 4.74 Å². The third-order valence-electron chi connectivity index (χ3n) is 3.70. The maximum absolute atomic E-state index is 11.5. The van der Waals surface area contributed by atoms with Crippen LogP contribution in [0.2, 0.25) is 0 Å². The molecule has 106 valence electrons. The maximum Gasteiger partial charge on any atom is 0.315 e. The van der Waals surface area contributed by atoms with Gasteiger partial charge in [0.1, 0.15) is 16.7 Å². The summed E-state index contributed by atoms with van der Waals surface area (Å²) in [4.78, 5) is 16.1. The first-order valence-corrected chi connectivity index (χ1v) is 6.48. The molecule has 0 aliphatic heterocycles. The maximum atomic E-state index is 11.5. The molecule has 1 aromatic carbocycles. The smallest absolute Gasteiger partial charge is 0.315 e. The number of rotatable bonds is 3. The number of carboxylic acid groups (broad SMARTS) is 1. The van der Waals surface area contributed by atoms with Gasteiger partial charge in [-0.2, -0.15) is 0 Å². The molecular formula is C16H19NO3. The fourth-order valence-electron chi connectivity index (χ4n) is 2.37. The molecule has 0 atom stereocenters. The van der Waals surface area contributed by atoms with Gasteiger partial charge in [-0.25, -0.2) is 4.98 Å². The highest BCUT2D eigenvalue weighted by Crippen LogP contribution is 2.32. The van der Waals surface area contributed by atoms with Crippen molar-refractivity contribution in [1.29, 1.82) is 0 Å². The number of carbonyl (C=O) groups is 1. The van der Waals surface area contributed by atoms with Crippen LogP contribution in [0.4, 0.5) is 0 Å². The van der Waals surface area contributed by atoms with Crippen LogP contribution in [0.5, 0.6) is 5.75 Å². The summed E-state index contributed by atoms with van der Waals surface area (Å²) in [5, 5.41) is 10.4. The van der Waals surface area contributed by atoms with E-state index in [0.717, 1.165) is 16.5 Å². The molecule has 0 amide bonds. The standard InChI is InChI=1S/C16H19NO3/c1-9-6-7-12(20-5)13-11(9)8-10(2)14(17-13)16(3,4)15(18)19/h6-8H,1-5H3,(H,18,19). The molecule has 2 rings (SSSR count). The van der Waals surface area contributed by atoms with Crippen molar-refractivity contribution in [2.75, 3.05) is 7.11 Å². The summed E-state index contributed by atoms with van der Waals surface area (Å²) in [6.45, 7) is 7.23. The molecule has 20 heavy (non-hydrogen) atoms. The Kier molecular flexibility index (Phi) is 3.42. The van der Waals surface area contributed by atoms with Gasteiger partial charge in [-0.15, -0.1) is 0 Å². The molecule has 0 spiro atoms. The quantitative estimate of drug-likeness (QED) is 0.932. The zero-order valence-corrected chi connectivity index (χ0v) is 12.4. The number of aryl methyl sites for hydroxylation is 2. The molecule has 0 unspecified atom stereocenters. The highest BCUT2D eigenvalue weighted by molar-refractivity contribution is 5.89. The van der Waals surface area contributed by atoms with Crippen LogP contribution in [0.25, 0.3) is 10.9 Å². The molecule has 0 saturated carbocycles. The normalized spacial score (nSPS) is 11.7. The van der Waals surface area contributed by atoms with Crippen molar-refractivity contribution in [2.45, 2.75) is 33.1 Å². The molecule has 0 radical (unpaired) electrons. The Balaban J connectivity index is 2.83. The highest BCUT2D eigenvalue weighted by Gasteiger charge is 2.33. The topological polar surface area (TPSA) is 59.4 Å². The number of pyridine rings is 1. The predicted molar refractivity (Wildman–Crippen MR) is 78.4 cm³/mol. The van der Waals surface area contributed by atoms with Crippen LogP contribution >= 0.6 is 0 Å². The van der Waals surface area contributed by atoms with Crippen molar-refractivity contribution in [2.24, 2.45) is 0 Å². The van der Waals surface area contributed by atoms with E-state index >= 15 is 0 Å². The van der Waals surface area contributed by atoms with Crippen molar-refractivity contribution in [3.63, 3.8) is 0 Å². The van der Waals surface area contributed by atoms with Crippen LogP contribution in [-0.2, 0) is 10.2 Å². The Morgan fingerprint density at radius 2 is 1.90 bits per heavy atom. The zero-order valence-electron chi connectivity index (χ0n) is 12.4. The molecule has 1 aromatic heterocycles. The Hall–Kier alpha value is -2.10. The number of aliphatic carboxylic acids is 1. The molecular weight excluding hydrogens is 254 g/mol. The number of aromatic nitrogens is 1. The summed E-state index contributed by atoms with van der Waals surface area (Å²) in [7, 11) is 1.59. The second-order valence-corrected chi connectivity index (χ2v) is 5.56. The largest absolute Gasteiger partial charge is 0.494 e. The van der Waals surface area contributed by atoms with E-state index in [2.05, 4.69) is 4.98 Å². The number of carboxylic acids is 1. The average Bonchev–Trinajstić information content (AvgIpc) is 2.39. The lowest BCUT2D eigenvalue weighted by Crippen LogP contribution is -2.30. The second kappa shape index (κ2) is 4.78. The SMILES string of the molecule is COc1ccc(C)c2cc(C)c(C(C)(C)C(=O)O)nc12. The minimum Gasteiger partial charge on any atom is -0.494 e. The molecule has 2 aromatic rings. The van der Waals surface area contributed by atoms with Crippen molar-refractivity contribution in [3.05, 3.63) is 35.0 Å². The highest BCUT2D eigenvalue weighted by atomic mass is 16.5. The van der Waals surface area contributed by atoms with Crippen molar-refractivity contribution < 1.29 is 14.6 Å². The fraction of sp³-hybridized carbons (Fsp3) is 0.375. The summed E-state index contributed by atoms with van der Waals surface area (Å²) in [6, 6.07) is 5.82. The van der Waals surface area contributed by atoms with E-state index in [1.165, 1.54) is 0 Å². The zero-order chi connectivity index (χ0) is 15.1. The molecule has 0 aliphatic carbocycles. The van der Waals surface area contributed by atoms with Gasteiger partial charge < -0.3 is 9.84 Å². The Bertz CT molecular complexity index is 690. The summed E-state index contributed by atoms with van der Waals surface area (Å²) in [5.74, 6) is -0.230. The third-order valence-corrected chi connectivity index (χ3v) is 3.70. The van der Waals surface area contributed by atoms with Crippen LogP contribution in [0.15, 0.2) is 18.2 Å². The lowest BCUT2D eigenvalue weighted by molar-refractivity contribution is -0.142. The molecule has 4 nitrogen and oxygen atoms in total. The number of hydrogen-bond donors (Lipinski definition) is 1. The summed E-state index contributed by atoms with van der Waals surface area (Å²) < 4.78 is 5.34. The number of nitrogens with zero attached hydrogens (tertiary/aromatic N) is 1. The first-order valence-electron chi connectivity index (χ1n) is 6.48. The first kappa shape index (κ1) is 14.3. The third kappa shape index (κ3) is 2.11. The summed E-state index contributed by atoms with van der Waals surface area (Å²) in [6.07, 6.45) is 0. The van der Waals surface area contributed by atoms with Crippen LogP contribution in [-0.4, -0.2) is 23.2 Å². The Morgan fingerprint density at radius 1 is 1.25 bits per heavy atom. The van der Waals surface area contributed by atoms with Gasteiger partial charge in [-0.3, -0.25) is 4.79 Å². The molecule has 1 N–H and O–H groups in total. The van der Waals surface area contributed by atoms with Crippen molar-refractivity contribution in [3.8, 4) is 5.75 Å². The van der Waals surface area contributed by atoms with Gasteiger partial charge in [0.15, 0.2) is 0 Å². The van der Waals surface area contributed by atoms with Crippen LogP contribution in [0, 0.1) is 13.8 Å². The van der Waals surface area contributed by atoms with Gasteiger partial charge in [0.25, 0.3) is 0 Å². The van der Waals surface area contributed by atoms with Crippen molar-refractivity contribution >= 4 is 16.9 Å². The van der Waals surface area contributed by atoms with Gasteiger partial charge in [0, 0.05) is 5.39 Å². The number of hydrogen-bond acceptors (Lipinski definition) is 3. The number of benzene rings is 1. The molecule has 0 saturated heterocycles. The molecule has 0 aliphatic rings. The van der Waals surface area contributed by atoms with Crippen molar-refractivity contribution in [1.82, 2.24) is 4.98 Å². The van der Waals surface area contributed by atoms with Crippen LogP contribution in [0.3, 0.4) is 0 Å². The van der Waals surface area contributed by atoms with Gasteiger partial charge in [0.05, 0.1) is 12.8 Å². The number of fused-ring (bicyclic) bond motifs is 1. The first-order chi connectivity index (χ1) is 9.28. The van der Waals surface area contributed by atoms with Gasteiger partial charge in [0.2, 0.25) is 0 Å². The van der Waals surface area contributed by atoms with Gasteiger partial charge in [-0.05, 0) is 51.0 Å². The Morgan fingerprint density at radius 3 is 2.45 bits per heavy atom. The lowest BCUT2D eigenvalue weighted by Gasteiger charge is -2.22. The summed E-state index contributed by atoms with van der Waals surface area (Å²) in [5.41, 5.74) is 2.22.